The van der Waals surface area contributed by atoms with Crippen molar-refractivity contribution in [2.75, 3.05) is 0 Å². The summed E-state index contributed by atoms with van der Waals surface area (Å²) in [5.74, 6) is -11.2. The molecule has 286 valence electrons. The first-order valence-corrected chi connectivity index (χ1v) is 19.0. The van der Waals surface area contributed by atoms with Crippen LogP contribution in [0.2, 0.25) is 0 Å². The number of ether oxygens (including phenoxy) is 3. The summed E-state index contributed by atoms with van der Waals surface area (Å²) in [5, 5.41) is 70.3. The molecule has 0 radical (unpaired) electrons. The van der Waals surface area contributed by atoms with Gasteiger partial charge in [-0.15, -0.1) is 0 Å². The van der Waals surface area contributed by atoms with Crippen LogP contribution in [-0.4, -0.2) is 90.6 Å². The molecular formula is C38H67NaO11. The van der Waals surface area contributed by atoms with Gasteiger partial charge in [-0.2, -0.15) is 0 Å². The molecule has 3 fully saturated rings. The van der Waals surface area contributed by atoms with Crippen LogP contribution in [0.3, 0.4) is 0 Å². The molecule has 0 aliphatic carbocycles. The van der Waals surface area contributed by atoms with Crippen LogP contribution in [0.5, 0.6) is 0 Å². The zero-order valence-corrected chi connectivity index (χ0v) is 34.8. The van der Waals surface area contributed by atoms with Gasteiger partial charge in [-0.05, 0) is 63.7 Å². The third kappa shape index (κ3) is 7.95. The van der Waals surface area contributed by atoms with E-state index in [4.69, 9.17) is 14.2 Å². The number of ketones is 1. The van der Waals surface area contributed by atoms with Gasteiger partial charge >= 0.3 is 35.5 Å². The van der Waals surface area contributed by atoms with E-state index in [0.717, 1.165) is 6.42 Å². The van der Waals surface area contributed by atoms with Crippen molar-refractivity contribution in [2.24, 2.45) is 47.3 Å². The number of carbonyl (C=O) groups excluding carboxylic acids is 1. The van der Waals surface area contributed by atoms with E-state index < -0.39 is 101 Å². The standard InChI is InChI=1S/C38H67O11.Na/c1-12-17-28(39)36(16-5)19-21(7)38(46,49-36)35(11)18-20(6)32(47-35)25(13-2)30(41)22(8)29(40)23(9)33-26(14-3)31(42)24(10)37(45,48-33)27(15-4)34(43)44;/h20-29,31-33,39-40,42,45H,12-19H2,1-11H3,(H,43,44);/q-1;+1/t20-,21+,22-,23-,24-,25-,26-,27-,28-,29+,31-,32-,33+,35-,36+,37+,38+;/m0./s1. The van der Waals surface area contributed by atoms with Gasteiger partial charge in [-0.1, -0.05) is 75.7 Å². The van der Waals surface area contributed by atoms with Crippen molar-refractivity contribution < 1.29 is 84.0 Å². The van der Waals surface area contributed by atoms with E-state index in [-0.39, 0.29) is 47.7 Å². The Morgan fingerprint density at radius 2 is 1.56 bits per heavy atom. The van der Waals surface area contributed by atoms with Gasteiger partial charge in [0.2, 0.25) is 0 Å². The van der Waals surface area contributed by atoms with Crippen LogP contribution in [-0.2, 0) is 23.8 Å². The molecular weight excluding hydrogens is 655 g/mol. The average molecular weight is 723 g/mol. The number of rotatable bonds is 16. The molecule has 0 aromatic heterocycles. The van der Waals surface area contributed by atoms with Gasteiger partial charge in [0.25, 0.3) is 0 Å². The van der Waals surface area contributed by atoms with Crippen molar-refractivity contribution in [3.8, 4) is 0 Å². The first-order valence-electron chi connectivity index (χ1n) is 19.0. The number of hydrogen-bond acceptors (Lipinski definition) is 10. The summed E-state index contributed by atoms with van der Waals surface area (Å²) in [4.78, 5) is 26.4. The molecule has 3 saturated heterocycles. The third-order valence-electron chi connectivity index (χ3n) is 13.1. The van der Waals surface area contributed by atoms with Gasteiger partial charge < -0.3 is 44.8 Å². The van der Waals surface area contributed by atoms with Gasteiger partial charge in [0, 0.05) is 35.4 Å². The fourth-order valence-corrected chi connectivity index (χ4v) is 9.81. The number of Topliss-reactive ketones (excluding diaryl/α,β-unsaturated/α-hetero) is 1. The molecule has 12 heteroatoms. The number of aliphatic hydroxyl groups excluding tert-OH is 3. The SMILES string of the molecule is CCC[C@H](O)[C@@]1(CC)C[C@@H](C)[C@]([O-])([C@]2(C)C[C@H](C)[C@@H]([C@@H](CC)C(=O)[C@@H](C)[C@@H](O)[C@H](C)[C@H]3O[C@@](O)([C@@H](CC)C(=O)O)[C@@H](C)[C@H](O)[C@@H]3CC)O2)O1.[Na+]. The van der Waals surface area contributed by atoms with E-state index in [9.17, 15) is 40.2 Å². The van der Waals surface area contributed by atoms with Gasteiger partial charge in [-0.3, -0.25) is 9.59 Å². The second-order valence-electron chi connectivity index (χ2n) is 16.1. The summed E-state index contributed by atoms with van der Waals surface area (Å²) < 4.78 is 19.3. The molecule has 0 spiro atoms. The van der Waals surface area contributed by atoms with Crippen molar-refractivity contribution in [1.82, 2.24) is 0 Å². The molecule has 0 unspecified atom stereocenters. The van der Waals surface area contributed by atoms with E-state index >= 15 is 0 Å². The largest absolute Gasteiger partial charge is 1.00 e. The molecule has 0 amide bonds. The molecule has 0 aromatic carbocycles. The maximum atomic E-state index is 14.7. The number of carboxylic acids is 1. The van der Waals surface area contributed by atoms with Gasteiger partial charge in [0.15, 0.2) is 5.79 Å². The Hall–Kier alpha value is -0.180. The second kappa shape index (κ2) is 17.5. The maximum absolute atomic E-state index is 14.7. The van der Waals surface area contributed by atoms with E-state index in [1.54, 1.807) is 34.6 Å². The van der Waals surface area contributed by atoms with Crippen LogP contribution in [0.4, 0.5) is 0 Å². The Bertz CT molecular complexity index is 1140. The van der Waals surface area contributed by atoms with Crippen molar-refractivity contribution in [1.29, 1.82) is 0 Å². The molecule has 0 saturated carbocycles. The Morgan fingerprint density at radius 1 is 0.960 bits per heavy atom. The fourth-order valence-electron chi connectivity index (χ4n) is 9.81. The predicted molar refractivity (Wildman–Crippen MR) is 182 cm³/mol. The van der Waals surface area contributed by atoms with Crippen molar-refractivity contribution >= 4 is 11.8 Å². The maximum Gasteiger partial charge on any atom is 1.00 e. The number of carbonyl (C=O) groups is 2. The molecule has 3 aliphatic heterocycles. The molecule has 17 atom stereocenters. The minimum Gasteiger partial charge on any atom is -0.826 e. The molecule has 3 rings (SSSR count). The molecule has 3 heterocycles. The monoisotopic (exact) mass is 722 g/mol. The van der Waals surface area contributed by atoms with E-state index in [1.807, 2.05) is 41.5 Å². The molecule has 0 aromatic rings. The molecule has 3 aliphatic rings. The number of hydrogen-bond donors (Lipinski definition) is 5. The quantitative estimate of drug-likeness (QED) is 0.144. The van der Waals surface area contributed by atoms with E-state index in [1.165, 1.54) is 0 Å². The summed E-state index contributed by atoms with van der Waals surface area (Å²) in [6.07, 6.45) is -1.13. The van der Waals surface area contributed by atoms with Gasteiger partial charge in [0.1, 0.15) is 11.7 Å². The number of aliphatic hydroxyl groups is 4. The normalized spacial score (nSPS) is 42.6. The molecule has 50 heavy (non-hydrogen) atoms. The molecule has 5 N–H and O–H groups in total. The summed E-state index contributed by atoms with van der Waals surface area (Å²) in [5.41, 5.74) is -2.22. The molecule has 11 nitrogen and oxygen atoms in total. The number of aliphatic carboxylic acids is 1. The van der Waals surface area contributed by atoms with Crippen LogP contribution in [0, 0.1) is 47.3 Å². The summed E-state index contributed by atoms with van der Waals surface area (Å²) >= 11 is 0. The fraction of sp³-hybridized carbons (Fsp3) is 0.947. The second-order valence-corrected chi connectivity index (χ2v) is 16.1. The van der Waals surface area contributed by atoms with Crippen LogP contribution >= 0.6 is 0 Å². The Labute approximate surface area is 322 Å². The Balaban J connectivity index is 0.00000867. The first kappa shape index (κ1) is 46.0. The van der Waals surface area contributed by atoms with Crippen LogP contribution < -0.4 is 34.7 Å². The summed E-state index contributed by atoms with van der Waals surface area (Å²) in [6.45, 7) is 19.8. The first-order chi connectivity index (χ1) is 22.7. The summed E-state index contributed by atoms with van der Waals surface area (Å²) in [6, 6.07) is 0. The zero-order valence-electron chi connectivity index (χ0n) is 32.8. The summed E-state index contributed by atoms with van der Waals surface area (Å²) in [7, 11) is 0. The van der Waals surface area contributed by atoms with Crippen LogP contribution in [0.1, 0.15) is 128 Å². The smallest absolute Gasteiger partial charge is 0.826 e. The van der Waals surface area contributed by atoms with Crippen molar-refractivity contribution in [3.05, 3.63) is 0 Å². The van der Waals surface area contributed by atoms with E-state index in [0.29, 0.717) is 38.5 Å². The van der Waals surface area contributed by atoms with Gasteiger partial charge in [-0.25, -0.2) is 0 Å². The average Bonchev–Trinajstić information content (AvgIpc) is 3.52. The zero-order chi connectivity index (χ0) is 37.4. The van der Waals surface area contributed by atoms with Gasteiger partial charge in [0.05, 0.1) is 41.7 Å². The van der Waals surface area contributed by atoms with Crippen LogP contribution in [0.25, 0.3) is 0 Å². The third-order valence-corrected chi connectivity index (χ3v) is 13.1. The minimum absolute atomic E-state index is 0. The Kier molecular flexibility index (Phi) is 16.1. The molecule has 0 bridgehead atoms. The Morgan fingerprint density at radius 3 is 2.04 bits per heavy atom. The number of carboxylic acid groups (broad SMARTS) is 1. The van der Waals surface area contributed by atoms with Crippen molar-refractivity contribution in [3.63, 3.8) is 0 Å². The van der Waals surface area contributed by atoms with Crippen molar-refractivity contribution in [2.45, 2.75) is 181 Å². The topological polar surface area (TPSA) is 186 Å². The van der Waals surface area contributed by atoms with E-state index in [2.05, 4.69) is 0 Å². The van der Waals surface area contributed by atoms with Crippen LogP contribution in [0.15, 0.2) is 0 Å². The minimum atomic E-state index is -2.17. The predicted octanol–water partition coefficient (Wildman–Crippen LogP) is 1.05.